The molecule has 0 aliphatic heterocycles. The third-order valence-electron chi connectivity index (χ3n) is 5.49. The molecule has 0 bridgehead atoms. The topological polar surface area (TPSA) is 162 Å². The van der Waals surface area contributed by atoms with E-state index in [2.05, 4.69) is 30.3 Å². The molecule has 0 spiro atoms. The van der Waals surface area contributed by atoms with Crippen molar-refractivity contribution in [1.29, 1.82) is 0 Å². The Morgan fingerprint density at radius 1 is 1.14 bits per heavy atom. The molecule has 0 saturated heterocycles. The molecule has 37 heavy (non-hydrogen) atoms. The summed E-state index contributed by atoms with van der Waals surface area (Å²) in [7, 11) is -3.52. The predicted octanol–water partition coefficient (Wildman–Crippen LogP) is 4.36. The van der Waals surface area contributed by atoms with Crippen molar-refractivity contribution in [3.8, 4) is 22.6 Å². The van der Waals surface area contributed by atoms with Crippen LogP contribution < -0.4 is 15.4 Å². The summed E-state index contributed by atoms with van der Waals surface area (Å²) >= 11 is 0. The van der Waals surface area contributed by atoms with Gasteiger partial charge in [-0.25, -0.2) is 28.2 Å². The summed E-state index contributed by atoms with van der Waals surface area (Å²) in [6.45, 7) is 13.3. The van der Waals surface area contributed by atoms with Crippen LogP contribution in [0.15, 0.2) is 30.5 Å². The van der Waals surface area contributed by atoms with Crippen LogP contribution in [0.5, 0.6) is 0 Å². The van der Waals surface area contributed by atoms with Crippen LogP contribution in [-0.2, 0) is 15.4 Å². The summed E-state index contributed by atoms with van der Waals surface area (Å²) in [4.78, 5) is 28.0. The quantitative estimate of drug-likeness (QED) is 0.273. The number of hydrogen-bond acceptors (Lipinski definition) is 7. The Labute approximate surface area is 217 Å². The maximum atomic E-state index is 12.5. The first-order chi connectivity index (χ1) is 17.2. The highest BCUT2D eigenvalue weighted by atomic mass is 32.2. The number of carbonyl (C=O) groups is 1. The zero-order valence-electron chi connectivity index (χ0n) is 22.2. The smallest absolute Gasteiger partial charge is 0.404 e. The van der Waals surface area contributed by atoms with Gasteiger partial charge < -0.3 is 20.7 Å². The lowest BCUT2D eigenvalue weighted by Gasteiger charge is -2.14. The third kappa shape index (κ3) is 7.19. The molecule has 0 aliphatic rings. The number of sulfonamides is 1. The Morgan fingerprint density at radius 3 is 2.46 bits per heavy atom. The van der Waals surface area contributed by atoms with Gasteiger partial charge in [0.1, 0.15) is 5.82 Å². The molecule has 1 amide bonds. The minimum Gasteiger partial charge on any atom is -0.465 e. The second kappa shape index (κ2) is 10.8. The van der Waals surface area contributed by atoms with Crippen molar-refractivity contribution in [3.05, 3.63) is 41.9 Å². The van der Waals surface area contributed by atoms with Crippen molar-refractivity contribution in [1.82, 2.24) is 25.3 Å². The van der Waals surface area contributed by atoms with Crippen LogP contribution in [0.1, 0.15) is 52.9 Å². The summed E-state index contributed by atoms with van der Waals surface area (Å²) in [6.07, 6.45) is 0.508. The van der Waals surface area contributed by atoms with Gasteiger partial charge in [-0.15, -0.1) is 0 Å². The number of H-pyrrole nitrogens is 1. The minimum atomic E-state index is -3.52. The largest absolute Gasteiger partial charge is 0.465 e. The molecule has 12 heteroatoms. The molecule has 0 saturated carbocycles. The number of aromatic nitrogens is 4. The number of nitrogens with zero attached hydrogens (tertiary/aromatic N) is 3. The van der Waals surface area contributed by atoms with E-state index in [9.17, 15) is 13.2 Å². The normalized spacial score (nSPS) is 12.9. The number of nitrogens with one attached hydrogen (secondary N) is 4. The van der Waals surface area contributed by atoms with Crippen molar-refractivity contribution < 1.29 is 18.3 Å². The van der Waals surface area contributed by atoms with Gasteiger partial charge in [0, 0.05) is 35.4 Å². The van der Waals surface area contributed by atoms with E-state index >= 15 is 0 Å². The van der Waals surface area contributed by atoms with E-state index in [1.54, 1.807) is 45.2 Å². The van der Waals surface area contributed by atoms with Crippen LogP contribution in [0.25, 0.3) is 22.6 Å². The maximum absolute atomic E-state index is 12.5. The van der Waals surface area contributed by atoms with Gasteiger partial charge in [-0.3, -0.25) is 4.72 Å². The third-order valence-corrected chi connectivity index (χ3v) is 7.26. The summed E-state index contributed by atoms with van der Waals surface area (Å²) in [5, 5.41) is 13.7. The van der Waals surface area contributed by atoms with E-state index in [1.165, 1.54) is 0 Å². The van der Waals surface area contributed by atoms with E-state index in [1.807, 2.05) is 33.8 Å². The second-order valence-corrected chi connectivity index (χ2v) is 12.6. The molecule has 200 valence electrons. The lowest BCUT2D eigenvalue weighted by atomic mass is 9.96. The first-order valence-corrected chi connectivity index (χ1v) is 13.5. The molecule has 2 aromatic heterocycles. The van der Waals surface area contributed by atoms with Crippen LogP contribution in [0.3, 0.4) is 0 Å². The number of aryl methyl sites for hydroxylation is 1. The first kappa shape index (κ1) is 27.9. The van der Waals surface area contributed by atoms with Crippen LogP contribution in [0.2, 0.25) is 0 Å². The number of carboxylic acid groups (broad SMARTS) is 1. The van der Waals surface area contributed by atoms with Crippen LogP contribution in [0.4, 0.5) is 16.4 Å². The van der Waals surface area contributed by atoms with Crippen molar-refractivity contribution in [2.45, 2.75) is 65.2 Å². The number of benzene rings is 1. The SMILES string of the molecule is Cc1cc(NS(=O)(=O)C(C)C)cc(-c2nc(C(C)(C)C)[nH]c2-c2ccnc(NCC(C)NC(=O)O)n2)c1. The molecule has 0 aliphatic carbocycles. The zero-order valence-corrected chi connectivity index (χ0v) is 23.0. The number of rotatable bonds is 9. The Bertz CT molecular complexity index is 1380. The van der Waals surface area contributed by atoms with E-state index < -0.39 is 21.4 Å². The Morgan fingerprint density at radius 2 is 1.84 bits per heavy atom. The fourth-order valence-electron chi connectivity index (χ4n) is 3.47. The van der Waals surface area contributed by atoms with Crippen molar-refractivity contribution in [2.24, 2.45) is 0 Å². The highest BCUT2D eigenvalue weighted by molar-refractivity contribution is 7.93. The van der Waals surface area contributed by atoms with Gasteiger partial charge in [0.25, 0.3) is 0 Å². The van der Waals surface area contributed by atoms with Gasteiger partial charge in [-0.05, 0) is 57.5 Å². The fourth-order valence-corrected chi connectivity index (χ4v) is 4.15. The Hall–Kier alpha value is -3.67. The molecule has 1 atom stereocenters. The molecule has 1 unspecified atom stereocenters. The molecule has 11 nitrogen and oxygen atoms in total. The molecular weight excluding hydrogens is 494 g/mol. The van der Waals surface area contributed by atoms with Gasteiger partial charge in [0.15, 0.2) is 0 Å². The summed E-state index contributed by atoms with van der Waals surface area (Å²) in [6, 6.07) is 6.89. The number of hydrogen-bond donors (Lipinski definition) is 5. The van der Waals surface area contributed by atoms with Crippen LogP contribution >= 0.6 is 0 Å². The lowest BCUT2D eigenvalue weighted by Crippen LogP contribution is -2.36. The molecular formula is C25H35N7O4S. The van der Waals surface area contributed by atoms with Gasteiger partial charge in [-0.2, -0.15) is 0 Å². The molecule has 0 fully saturated rings. The van der Waals surface area contributed by atoms with Crippen molar-refractivity contribution >= 4 is 27.8 Å². The minimum absolute atomic E-state index is 0.287. The van der Waals surface area contributed by atoms with E-state index in [-0.39, 0.29) is 11.5 Å². The van der Waals surface area contributed by atoms with E-state index in [0.29, 0.717) is 35.3 Å². The monoisotopic (exact) mass is 529 g/mol. The Balaban J connectivity index is 2.05. The maximum Gasteiger partial charge on any atom is 0.404 e. The average molecular weight is 530 g/mol. The summed E-state index contributed by atoms with van der Waals surface area (Å²) < 4.78 is 27.7. The van der Waals surface area contributed by atoms with Gasteiger partial charge in [-0.1, -0.05) is 20.8 Å². The number of anilines is 2. The van der Waals surface area contributed by atoms with Gasteiger partial charge in [0.05, 0.1) is 22.3 Å². The molecule has 3 rings (SSSR count). The molecule has 2 heterocycles. The standard InChI is InChI=1S/C25H35N7O4S/c1-14(2)37(35,36)32-18-11-15(3)10-17(12-18)20-21(31-22(30-20)25(5,6)7)19-8-9-26-23(29-19)27-13-16(4)28-24(33)34/h8-12,14,16,28,32H,13H2,1-7H3,(H,30,31)(H,33,34)(H,26,27,29). The van der Waals surface area contributed by atoms with Crippen LogP contribution in [0, 0.1) is 6.92 Å². The average Bonchev–Trinajstić information content (AvgIpc) is 3.23. The fraction of sp³-hybridized carbons (Fsp3) is 0.440. The first-order valence-electron chi connectivity index (χ1n) is 12.0. The number of amides is 1. The number of imidazole rings is 1. The van der Waals surface area contributed by atoms with Crippen molar-refractivity contribution in [3.63, 3.8) is 0 Å². The molecule has 3 aromatic rings. The van der Waals surface area contributed by atoms with Crippen molar-refractivity contribution in [2.75, 3.05) is 16.6 Å². The molecule has 0 radical (unpaired) electrons. The molecule has 1 aromatic carbocycles. The van der Waals surface area contributed by atoms with Crippen LogP contribution in [-0.4, -0.2) is 57.4 Å². The summed E-state index contributed by atoms with van der Waals surface area (Å²) in [5.41, 5.74) is 3.65. The highest BCUT2D eigenvalue weighted by Gasteiger charge is 2.24. The van der Waals surface area contributed by atoms with Gasteiger partial charge >= 0.3 is 6.09 Å². The van der Waals surface area contributed by atoms with E-state index in [0.717, 1.165) is 17.0 Å². The highest BCUT2D eigenvalue weighted by Crippen LogP contribution is 2.34. The zero-order chi connectivity index (χ0) is 27.5. The number of aromatic amines is 1. The second-order valence-electron chi connectivity index (χ2n) is 10.3. The predicted molar refractivity (Wildman–Crippen MR) is 145 cm³/mol. The lowest BCUT2D eigenvalue weighted by molar-refractivity contribution is 0.191. The summed E-state index contributed by atoms with van der Waals surface area (Å²) in [5.74, 6) is 1.08. The van der Waals surface area contributed by atoms with Gasteiger partial charge in [0.2, 0.25) is 16.0 Å². The Kier molecular flexibility index (Phi) is 8.11. The molecule has 5 N–H and O–H groups in total. The van der Waals surface area contributed by atoms with E-state index in [4.69, 9.17) is 10.1 Å².